The Kier molecular flexibility index (Phi) is 8.69. The van der Waals surface area contributed by atoms with E-state index in [1.54, 1.807) is 0 Å². The summed E-state index contributed by atoms with van der Waals surface area (Å²) in [7, 11) is 5.04. The summed E-state index contributed by atoms with van der Waals surface area (Å²) in [5.41, 5.74) is -0.665. The van der Waals surface area contributed by atoms with Crippen molar-refractivity contribution in [3.8, 4) is 0 Å². The lowest BCUT2D eigenvalue weighted by Gasteiger charge is -2.46. The maximum atomic E-state index is 12.9. The van der Waals surface area contributed by atoms with Gasteiger partial charge in [0.25, 0.3) is 0 Å². The van der Waals surface area contributed by atoms with Crippen LogP contribution in [0, 0.1) is 22.2 Å². The van der Waals surface area contributed by atoms with Gasteiger partial charge in [0.2, 0.25) is 11.8 Å². The molecular weight excluding hydrogens is 378 g/mol. The molecule has 6 nitrogen and oxygen atoms in total. The smallest absolute Gasteiger partial charge is 0.243 e. The number of hydrogen-bond donors (Lipinski definition) is 4. The topological polar surface area (TPSA) is 82.3 Å². The van der Waals surface area contributed by atoms with Gasteiger partial charge in [0.05, 0.1) is 0 Å². The number of hydrogen-bond acceptors (Lipinski definition) is 4. The van der Waals surface area contributed by atoms with Crippen LogP contribution in [-0.4, -0.2) is 37.0 Å². The van der Waals surface area contributed by atoms with Crippen LogP contribution in [0.15, 0.2) is 0 Å². The normalized spacial score (nSPS) is 23.0. The van der Waals surface area contributed by atoms with Crippen LogP contribution < -0.4 is 20.8 Å². The van der Waals surface area contributed by atoms with Gasteiger partial charge in [0.15, 0.2) is 0 Å². The quantitative estimate of drug-likeness (QED) is 0.410. The van der Waals surface area contributed by atoms with Crippen LogP contribution >= 0.6 is 18.8 Å². The number of amides is 2. The summed E-state index contributed by atoms with van der Waals surface area (Å²) in [6, 6.07) is -1.03. The number of rotatable bonds is 10. The average Bonchev–Trinajstić information content (AvgIpc) is 2.47. The summed E-state index contributed by atoms with van der Waals surface area (Å²) in [6.45, 7) is 16.4. The Hall–Kier alpha value is -0.280. The highest BCUT2D eigenvalue weighted by atomic mass is 31.0. The standard InChI is InChI=1S/C19H40N4O2P2/c1-12(9-20-26)8-18(4,5)13-15(24)23-14(16(25)22-13)19(6,7)10-17(2,3)11-21-27/h12-14,20-21H,8-11,26-27H2,1-7H3,(H,22,25)(H,23,24). The van der Waals surface area contributed by atoms with E-state index >= 15 is 0 Å². The lowest BCUT2D eigenvalue weighted by molar-refractivity contribution is -0.143. The van der Waals surface area contributed by atoms with Crippen molar-refractivity contribution in [2.24, 2.45) is 22.2 Å². The molecular formula is C19H40N4O2P2. The molecule has 1 rings (SSSR count). The van der Waals surface area contributed by atoms with E-state index in [-0.39, 0.29) is 28.1 Å². The Bertz CT molecular complexity index is 538. The summed E-state index contributed by atoms with van der Waals surface area (Å²) >= 11 is 0. The highest BCUT2D eigenvalue weighted by Gasteiger charge is 2.48. The zero-order valence-electron chi connectivity index (χ0n) is 18.0. The van der Waals surface area contributed by atoms with Gasteiger partial charge in [-0.1, -0.05) is 67.2 Å². The highest BCUT2D eigenvalue weighted by molar-refractivity contribution is 7.13. The molecule has 0 radical (unpaired) electrons. The molecule has 1 aliphatic heterocycles. The maximum Gasteiger partial charge on any atom is 0.243 e. The second-order valence-corrected chi connectivity index (χ2v) is 11.1. The molecule has 1 aliphatic rings. The molecule has 8 heteroatoms. The van der Waals surface area contributed by atoms with E-state index in [1.807, 2.05) is 0 Å². The number of nitrogens with one attached hydrogen (secondary N) is 4. The van der Waals surface area contributed by atoms with Crippen LogP contribution in [0.4, 0.5) is 0 Å². The lowest BCUT2D eigenvalue weighted by Crippen LogP contribution is -2.69. The molecule has 0 saturated carbocycles. The predicted molar refractivity (Wildman–Crippen MR) is 119 cm³/mol. The van der Waals surface area contributed by atoms with E-state index in [4.69, 9.17) is 0 Å². The molecule has 1 fully saturated rings. The largest absolute Gasteiger partial charge is 0.342 e. The lowest BCUT2D eigenvalue weighted by atomic mass is 9.69. The monoisotopic (exact) mass is 418 g/mol. The molecule has 158 valence electrons. The van der Waals surface area contributed by atoms with Crippen molar-refractivity contribution < 1.29 is 9.59 Å². The van der Waals surface area contributed by atoms with Crippen molar-refractivity contribution in [2.75, 3.05) is 13.1 Å². The zero-order valence-corrected chi connectivity index (χ0v) is 20.3. The van der Waals surface area contributed by atoms with E-state index in [1.165, 1.54) is 0 Å². The Morgan fingerprint density at radius 2 is 1.41 bits per heavy atom. The fourth-order valence-electron chi connectivity index (χ4n) is 4.65. The van der Waals surface area contributed by atoms with Gasteiger partial charge in [-0.3, -0.25) is 9.59 Å². The Morgan fingerprint density at radius 1 is 0.926 bits per heavy atom. The summed E-state index contributed by atoms with van der Waals surface area (Å²) < 4.78 is 0. The summed E-state index contributed by atoms with van der Waals surface area (Å²) in [5, 5.41) is 12.3. The van der Waals surface area contributed by atoms with Gasteiger partial charge < -0.3 is 20.8 Å². The van der Waals surface area contributed by atoms with E-state index in [0.717, 1.165) is 25.9 Å². The molecule has 0 aromatic carbocycles. The van der Waals surface area contributed by atoms with E-state index in [2.05, 4.69) is 88.1 Å². The van der Waals surface area contributed by atoms with E-state index in [0.29, 0.717) is 5.92 Å². The Morgan fingerprint density at radius 3 is 1.85 bits per heavy atom. The first-order valence-corrected chi connectivity index (χ1v) is 10.9. The molecule has 0 bridgehead atoms. The summed E-state index contributed by atoms with van der Waals surface area (Å²) in [4.78, 5) is 25.9. The number of piperazine rings is 1. The van der Waals surface area contributed by atoms with Gasteiger partial charge >= 0.3 is 0 Å². The molecule has 0 aromatic rings. The molecule has 2 amide bonds. The number of carbonyl (C=O) groups excluding carboxylic acids is 2. The van der Waals surface area contributed by atoms with Crippen molar-refractivity contribution in [2.45, 2.75) is 73.4 Å². The minimum absolute atomic E-state index is 0.00692. The minimum Gasteiger partial charge on any atom is -0.342 e. The molecule has 27 heavy (non-hydrogen) atoms. The molecule has 5 unspecified atom stereocenters. The van der Waals surface area contributed by atoms with Crippen molar-refractivity contribution in [1.82, 2.24) is 20.8 Å². The van der Waals surface area contributed by atoms with Gasteiger partial charge in [-0.05, 0) is 35.0 Å². The molecule has 4 N–H and O–H groups in total. The van der Waals surface area contributed by atoms with Crippen LogP contribution in [0.5, 0.6) is 0 Å². The second kappa shape index (κ2) is 9.48. The first-order valence-electron chi connectivity index (χ1n) is 9.73. The van der Waals surface area contributed by atoms with Crippen molar-refractivity contribution in [3.05, 3.63) is 0 Å². The van der Waals surface area contributed by atoms with Gasteiger partial charge in [-0.15, -0.1) is 0 Å². The summed E-state index contributed by atoms with van der Waals surface area (Å²) in [6.07, 6.45) is 1.65. The molecule has 0 aromatic heterocycles. The van der Waals surface area contributed by atoms with Crippen molar-refractivity contribution in [1.29, 1.82) is 0 Å². The predicted octanol–water partition coefficient (Wildman–Crippen LogP) is 2.22. The van der Waals surface area contributed by atoms with Gasteiger partial charge in [-0.2, -0.15) is 0 Å². The van der Waals surface area contributed by atoms with Crippen molar-refractivity contribution >= 4 is 30.6 Å². The first kappa shape index (κ1) is 24.8. The highest BCUT2D eigenvalue weighted by Crippen LogP contribution is 2.38. The van der Waals surface area contributed by atoms with Crippen LogP contribution in [0.1, 0.15) is 61.3 Å². The third-order valence-corrected chi connectivity index (χ3v) is 5.96. The Balaban J connectivity index is 2.89. The maximum absolute atomic E-state index is 12.9. The fourth-order valence-corrected chi connectivity index (χ4v) is 5.60. The molecule has 1 saturated heterocycles. The van der Waals surface area contributed by atoms with E-state index in [9.17, 15) is 9.59 Å². The molecule has 5 atom stereocenters. The molecule has 1 heterocycles. The third-order valence-electron chi connectivity index (χ3n) is 5.52. The Labute approximate surface area is 170 Å². The average molecular weight is 419 g/mol. The second-order valence-electron chi connectivity index (χ2n) is 10.3. The van der Waals surface area contributed by atoms with Crippen molar-refractivity contribution in [3.63, 3.8) is 0 Å². The summed E-state index contributed by atoms with van der Waals surface area (Å²) in [5.74, 6) is 0.242. The van der Waals surface area contributed by atoms with Gasteiger partial charge in [-0.25, -0.2) is 0 Å². The van der Waals surface area contributed by atoms with Crippen LogP contribution in [0.25, 0.3) is 0 Å². The van der Waals surface area contributed by atoms with Crippen LogP contribution in [-0.2, 0) is 9.59 Å². The fraction of sp³-hybridized carbons (Fsp3) is 0.895. The van der Waals surface area contributed by atoms with E-state index < -0.39 is 12.1 Å². The minimum atomic E-state index is -0.521. The first-order chi connectivity index (χ1) is 12.3. The zero-order chi connectivity index (χ0) is 21.0. The van der Waals surface area contributed by atoms with Crippen LogP contribution in [0.2, 0.25) is 0 Å². The SMILES string of the molecule is CC(CNP)CC(C)(C)C1NC(=O)C(C(C)(C)CC(C)(C)CNP)NC1=O. The molecule has 0 aliphatic carbocycles. The van der Waals surface area contributed by atoms with Gasteiger partial charge in [0, 0.05) is 13.1 Å². The third kappa shape index (κ3) is 6.92. The molecule has 0 spiro atoms. The van der Waals surface area contributed by atoms with Gasteiger partial charge in [0.1, 0.15) is 12.1 Å². The number of carbonyl (C=O) groups is 2. The van der Waals surface area contributed by atoms with Crippen LogP contribution in [0.3, 0.4) is 0 Å².